The van der Waals surface area contributed by atoms with Gasteiger partial charge < -0.3 is 9.52 Å². The van der Waals surface area contributed by atoms with Crippen molar-refractivity contribution in [3.8, 4) is 5.75 Å². The molecule has 28 heavy (non-hydrogen) atoms. The summed E-state index contributed by atoms with van der Waals surface area (Å²) in [5.74, 6) is 0.0934. The van der Waals surface area contributed by atoms with E-state index in [1.807, 2.05) is 46.8 Å². The van der Waals surface area contributed by atoms with Crippen LogP contribution in [0.25, 0.3) is 11.0 Å². The molecule has 1 unspecified atom stereocenters. The standard InChI is InChI=1S/C24H28O4/c1-15(2)11-21(26)12-16(3)7-6-8-17(4)18(5)22-13-19-9-10-20(25)14-23(19)28-24(22)27/h7-11,13-14,18,25H,6,12H2,1-5H3/b16-7+,17-8+. The second-order valence-corrected chi connectivity index (χ2v) is 7.53. The van der Waals surface area contributed by atoms with E-state index in [1.54, 1.807) is 18.2 Å². The fourth-order valence-electron chi connectivity index (χ4n) is 3.01. The first kappa shape index (κ1) is 21.4. The van der Waals surface area contributed by atoms with E-state index < -0.39 is 5.63 Å². The molecule has 1 heterocycles. The zero-order chi connectivity index (χ0) is 20.8. The Hall–Kier alpha value is -2.88. The van der Waals surface area contributed by atoms with Gasteiger partial charge in [0.1, 0.15) is 11.3 Å². The lowest BCUT2D eigenvalue weighted by Crippen LogP contribution is -2.11. The van der Waals surface area contributed by atoms with E-state index in [1.165, 1.54) is 6.07 Å². The maximum Gasteiger partial charge on any atom is 0.340 e. The topological polar surface area (TPSA) is 67.5 Å². The van der Waals surface area contributed by atoms with Crippen LogP contribution in [0, 0.1) is 0 Å². The van der Waals surface area contributed by atoms with E-state index in [0.29, 0.717) is 24.0 Å². The molecule has 1 aromatic heterocycles. The Balaban J connectivity index is 2.13. The van der Waals surface area contributed by atoms with Crippen molar-refractivity contribution in [1.82, 2.24) is 0 Å². The monoisotopic (exact) mass is 380 g/mol. The van der Waals surface area contributed by atoms with Crippen LogP contribution >= 0.6 is 0 Å². The summed E-state index contributed by atoms with van der Waals surface area (Å²) >= 11 is 0. The zero-order valence-corrected chi connectivity index (χ0v) is 17.2. The average Bonchev–Trinajstić information content (AvgIpc) is 2.59. The number of hydrogen-bond acceptors (Lipinski definition) is 4. The first-order chi connectivity index (χ1) is 13.2. The maximum atomic E-state index is 12.4. The van der Waals surface area contributed by atoms with Crippen LogP contribution in [-0.2, 0) is 4.79 Å². The highest BCUT2D eigenvalue weighted by atomic mass is 16.4. The summed E-state index contributed by atoms with van der Waals surface area (Å²) in [6, 6.07) is 6.57. The molecule has 0 aliphatic heterocycles. The number of ketones is 1. The quantitative estimate of drug-likeness (QED) is 0.374. The smallest absolute Gasteiger partial charge is 0.340 e. The third kappa shape index (κ3) is 5.81. The van der Waals surface area contributed by atoms with Gasteiger partial charge in [-0.1, -0.05) is 35.8 Å². The van der Waals surface area contributed by atoms with Crippen LogP contribution in [0.4, 0.5) is 0 Å². The van der Waals surface area contributed by atoms with Crippen molar-refractivity contribution in [2.24, 2.45) is 0 Å². The van der Waals surface area contributed by atoms with Gasteiger partial charge in [0, 0.05) is 29.4 Å². The van der Waals surface area contributed by atoms with Gasteiger partial charge in [-0.3, -0.25) is 4.79 Å². The van der Waals surface area contributed by atoms with Gasteiger partial charge in [0.2, 0.25) is 0 Å². The maximum absolute atomic E-state index is 12.4. The molecule has 0 amide bonds. The van der Waals surface area contributed by atoms with Crippen molar-refractivity contribution in [3.05, 3.63) is 75.2 Å². The number of allylic oxidation sites excluding steroid dienone is 6. The second-order valence-electron chi connectivity index (χ2n) is 7.53. The Morgan fingerprint density at radius 3 is 2.54 bits per heavy atom. The minimum absolute atomic E-state index is 0.0674. The summed E-state index contributed by atoms with van der Waals surface area (Å²) in [5.41, 5.74) is 3.67. The van der Waals surface area contributed by atoms with Crippen molar-refractivity contribution in [2.75, 3.05) is 0 Å². The molecule has 2 rings (SSSR count). The highest BCUT2D eigenvalue weighted by Gasteiger charge is 2.14. The summed E-state index contributed by atoms with van der Waals surface area (Å²) in [4.78, 5) is 24.2. The van der Waals surface area contributed by atoms with Gasteiger partial charge in [0.15, 0.2) is 5.78 Å². The summed E-state index contributed by atoms with van der Waals surface area (Å²) in [6.45, 7) is 9.74. The SMILES string of the molecule is CC(C)=CC(=O)C/C(C)=C/C/C=C(\C)C(C)c1cc2ccc(O)cc2oc1=O. The van der Waals surface area contributed by atoms with E-state index in [-0.39, 0.29) is 17.5 Å². The van der Waals surface area contributed by atoms with E-state index in [2.05, 4.69) is 6.08 Å². The number of phenols is 1. The first-order valence-electron chi connectivity index (χ1n) is 9.44. The van der Waals surface area contributed by atoms with Crippen LogP contribution in [0.5, 0.6) is 5.75 Å². The summed E-state index contributed by atoms with van der Waals surface area (Å²) in [5, 5.41) is 10.3. The molecule has 0 radical (unpaired) electrons. The Morgan fingerprint density at radius 1 is 1.14 bits per heavy atom. The van der Waals surface area contributed by atoms with Gasteiger partial charge in [0.25, 0.3) is 0 Å². The molecule has 4 nitrogen and oxygen atoms in total. The van der Waals surface area contributed by atoms with E-state index in [4.69, 9.17) is 4.42 Å². The number of carbonyl (C=O) groups excluding carboxylic acids is 1. The zero-order valence-electron chi connectivity index (χ0n) is 17.2. The van der Waals surface area contributed by atoms with E-state index in [0.717, 1.165) is 22.1 Å². The predicted molar refractivity (Wildman–Crippen MR) is 114 cm³/mol. The Bertz CT molecular complexity index is 1010. The Kier molecular flexibility index (Phi) is 7.16. The molecule has 0 aliphatic carbocycles. The molecule has 148 valence electrons. The molecule has 0 saturated heterocycles. The molecule has 0 aliphatic rings. The van der Waals surface area contributed by atoms with E-state index in [9.17, 15) is 14.7 Å². The number of carbonyl (C=O) groups is 1. The molecule has 0 fully saturated rings. The number of phenolic OH excluding ortho intramolecular Hbond substituents is 1. The molecule has 0 bridgehead atoms. The Morgan fingerprint density at radius 2 is 1.86 bits per heavy atom. The van der Waals surface area contributed by atoms with E-state index >= 15 is 0 Å². The van der Waals surface area contributed by atoms with Gasteiger partial charge in [-0.05, 0) is 58.4 Å². The van der Waals surface area contributed by atoms with Crippen molar-refractivity contribution in [2.45, 2.75) is 53.4 Å². The van der Waals surface area contributed by atoms with Crippen LogP contribution in [0.2, 0.25) is 0 Å². The highest BCUT2D eigenvalue weighted by molar-refractivity contribution is 5.91. The number of benzene rings is 1. The number of aromatic hydroxyl groups is 1. The van der Waals surface area contributed by atoms with Crippen molar-refractivity contribution >= 4 is 16.8 Å². The average molecular weight is 380 g/mol. The molecule has 0 spiro atoms. The first-order valence-corrected chi connectivity index (χ1v) is 9.44. The molecule has 1 aromatic carbocycles. The van der Waals surface area contributed by atoms with Gasteiger partial charge in [-0.15, -0.1) is 0 Å². The van der Waals surface area contributed by atoms with Gasteiger partial charge in [-0.2, -0.15) is 0 Å². The minimum Gasteiger partial charge on any atom is -0.508 e. The minimum atomic E-state index is -0.391. The number of rotatable bonds is 7. The second kappa shape index (κ2) is 9.36. The normalized spacial score (nSPS) is 13.5. The van der Waals surface area contributed by atoms with Gasteiger partial charge in [0.05, 0.1) is 0 Å². The molecule has 2 aromatic rings. The number of hydrogen-bond donors (Lipinski definition) is 1. The molecule has 4 heteroatoms. The molecule has 1 atom stereocenters. The molecule has 1 N–H and O–H groups in total. The predicted octanol–water partition coefficient (Wildman–Crippen LogP) is 5.81. The van der Waals surface area contributed by atoms with Crippen LogP contribution in [-0.4, -0.2) is 10.9 Å². The molecular weight excluding hydrogens is 352 g/mol. The van der Waals surface area contributed by atoms with Crippen LogP contribution in [0.3, 0.4) is 0 Å². The lowest BCUT2D eigenvalue weighted by molar-refractivity contribution is -0.114. The van der Waals surface area contributed by atoms with Crippen molar-refractivity contribution in [1.29, 1.82) is 0 Å². The Labute approximate surface area is 165 Å². The summed E-state index contributed by atoms with van der Waals surface area (Å²) in [6.07, 6.45) is 6.91. The highest BCUT2D eigenvalue weighted by Crippen LogP contribution is 2.26. The lowest BCUT2D eigenvalue weighted by Gasteiger charge is -2.12. The number of fused-ring (bicyclic) bond motifs is 1. The molecular formula is C24H28O4. The molecule has 0 saturated carbocycles. The van der Waals surface area contributed by atoms with Crippen LogP contribution in [0.15, 0.2) is 68.4 Å². The van der Waals surface area contributed by atoms with Crippen molar-refractivity contribution < 1.29 is 14.3 Å². The van der Waals surface area contributed by atoms with Gasteiger partial charge in [-0.25, -0.2) is 4.79 Å². The summed E-state index contributed by atoms with van der Waals surface area (Å²) in [7, 11) is 0. The fourth-order valence-corrected chi connectivity index (χ4v) is 3.01. The van der Waals surface area contributed by atoms with Crippen LogP contribution < -0.4 is 5.63 Å². The van der Waals surface area contributed by atoms with Crippen LogP contribution in [0.1, 0.15) is 58.9 Å². The largest absolute Gasteiger partial charge is 0.508 e. The van der Waals surface area contributed by atoms with Crippen molar-refractivity contribution in [3.63, 3.8) is 0 Å². The third-order valence-corrected chi connectivity index (χ3v) is 4.70. The summed E-state index contributed by atoms with van der Waals surface area (Å²) < 4.78 is 5.37. The lowest BCUT2D eigenvalue weighted by atomic mass is 9.93. The third-order valence-electron chi connectivity index (χ3n) is 4.70. The van der Waals surface area contributed by atoms with Gasteiger partial charge >= 0.3 is 5.63 Å². The fraction of sp³-hybridized carbons (Fsp3) is 0.333.